The Bertz CT molecular complexity index is 1080. The summed E-state index contributed by atoms with van der Waals surface area (Å²) in [4.78, 5) is 40.9. The van der Waals surface area contributed by atoms with Gasteiger partial charge in [-0.25, -0.2) is 0 Å². The van der Waals surface area contributed by atoms with Gasteiger partial charge in [0.1, 0.15) is 0 Å². The van der Waals surface area contributed by atoms with Gasteiger partial charge in [-0.2, -0.15) is 0 Å². The minimum atomic E-state index is -0.302. The van der Waals surface area contributed by atoms with E-state index in [9.17, 15) is 14.4 Å². The first kappa shape index (κ1) is 20.8. The van der Waals surface area contributed by atoms with Crippen molar-refractivity contribution in [3.05, 3.63) is 80.1 Å². The lowest BCUT2D eigenvalue weighted by Gasteiger charge is -2.22. The van der Waals surface area contributed by atoms with Gasteiger partial charge in [0.15, 0.2) is 0 Å². The number of hydrogen-bond acceptors (Lipinski definition) is 5. The predicted molar refractivity (Wildman–Crippen MR) is 113 cm³/mol. The number of amides is 2. The van der Waals surface area contributed by atoms with Gasteiger partial charge >= 0.3 is 0 Å². The predicted octanol–water partition coefficient (Wildman–Crippen LogP) is 2.88. The standard InChI is InChI=1S/C20H19ClN4O3S/c1-12(13(2)24-20(28)16-7-8-17(21)29-16)23-19(27)14-3-5-15(6-4-14)25-10-9-22-11-18(25)26/h3-13H,1-2H3,(H,23,27)(H,24,28). The van der Waals surface area contributed by atoms with Crippen LogP contribution in [0.2, 0.25) is 4.34 Å². The van der Waals surface area contributed by atoms with Crippen molar-refractivity contribution in [1.82, 2.24) is 20.2 Å². The molecule has 0 aliphatic carbocycles. The Hall–Kier alpha value is -2.97. The van der Waals surface area contributed by atoms with Crippen LogP contribution < -0.4 is 16.2 Å². The van der Waals surface area contributed by atoms with Crippen molar-refractivity contribution < 1.29 is 9.59 Å². The van der Waals surface area contributed by atoms with Crippen molar-refractivity contribution in [3.8, 4) is 5.69 Å². The van der Waals surface area contributed by atoms with Gasteiger partial charge in [0.2, 0.25) is 0 Å². The van der Waals surface area contributed by atoms with Crippen LogP contribution in [-0.2, 0) is 0 Å². The quantitative estimate of drug-likeness (QED) is 0.628. The Balaban J connectivity index is 1.61. The van der Waals surface area contributed by atoms with E-state index >= 15 is 0 Å². The molecule has 2 atom stereocenters. The Morgan fingerprint density at radius 1 is 1.03 bits per heavy atom. The first-order valence-electron chi connectivity index (χ1n) is 8.85. The van der Waals surface area contributed by atoms with Crippen molar-refractivity contribution in [1.29, 1.82) is 0 Å². The topological polar surface area (TPSA) is 93.1 Å². The molecule has 0 saturated carbocycles. The number of carbonyl (C=O) groups is 2. The number of nitrogens with zero attached hydrogens (tertiary/aromatic N) is 2. The Kier molecular flexibility index (Phi) is 6.46. The van der Waals surface area contributed by atoms with Crippen LogP contribution in [0.3, 0.4) is 0 Å². The molecule has 0 radical (unpaired) electrons. The molecule has 3 aromatic rings. The maximum Gasteiger partial charge on any atom is 0.273 e. The second-order valence-electron chi connectivity index (χ2n) is 6.46. The minimum absolute atomic E-state index is 0.234. The zero-order valence-electron chi connectivity index (χ0n) is 15.8. The molecule has 2 amide bonds. The summed E-state index contributed by atoms with van der Waals surface area (Å²) in [7, 11) is 0. The van der Waals surface area contributed by atoms with Crippen LogP contribution in [0.4, 0.5) is 0 Å². The number of benzene rings is 1. The number of nitrogens with one attached hydrogen (secondary N) is 2. The number of carbonyl (C=O) groups excluding carboxylic acids is 2. The first-order valence-corrected chi connectivity index (χ1v) is 10.0. The monoisotopic (exact) mass is 430 g/mol. The summed E-state index contributed by atoms with van der Waals surface area (Å²) in [6.45, 7) is 3.63. The molecule has 7 nitrogen and oxygen atoms in total. The van der Waals surface area contributed by atoms with E-state index in [4.69, 9.17) is 11.6 Å². The molecule has 0 aliphatic heterocycles. The van der Waals surface area contributed by atoms with Gasteiger partial charge in [-0.15, -0.1) is 11.3 Å². The molecule has 2 heterocycles. The normalized spacial score (nSPS) is 12.8. The van der Waals surface area contributed by atoms with Gasteiger partial charge in [0, 0.05) is 35.7 Å². The highest BCUT2D eigenvalue weighted by atomic mass is 35.5. The van der Waals surface area contributed by atoms with Crippen LogP contribution in [0, 0.1) is 0 Å². The van der Waals surface area contributed by atoms with Crippen LogP contribution in [0.15, 0.2) is 59.8 Å². The second-order valence-corrected chi connectivity index (χ2v) is 8.17. The summed E-state index contributed by atoms with van der Waals surface area (Å²) in [6, 6.07) is 9.39. The maximum atomic E-state index is 12.5. The molecular weight excluding hydrogens is 412 g/mol. The average molecular weight is 431 g/mol. The van der Waals surface area contributed by atoms with Gasteiger partial charge < -0.3 is 10.6 Å². The molecule has 9 heteroatoms. The Morgan fingerprint density at radius 2 is 1.69 bits per heavy atom. The Labute approximate surface area is 176 Å². The number of halogens is 1. The van der Waals surface area contributed by atoms with Gasteiger partial charge in [0.25, 0.3) is 17.4 Å². The lowest BCUT2D eigenvalue weighted by molar-refractivity contribution is 0.0894. The van der Waals surface area contributed by atoms with Gasteiger partial charge in [-0.05, 0) is 50.2 Å². The van der Waals surface area contributed by atoms with Crippen molar-refractivity contribution in [2.75, 3.05) is 0 Å². The molecule has 0 spiro atoms. The zero-order valence-corrected chi connectivity index (χ0v) is 17.3. The zero-order chi connectivity index (χ0) is 21.0. The molecule has 0 aliphatic rings. The van der Waals surface area contributed by atoms with Gasteiger partial charge in [-0.1, -0.05) is 11.6 Å². The Morgan fingerprint density at radius 3 is 2.28 bits per heavy atom. The maximum absolute atomic E-state index is 12.5. The van der Waals surface area contributed by atoms with Crippen LogP contribution in [0.1, 0.15) is 33.9 Å². The van der Waals surface area contributed by atoms with E-state index < -0.39 is 0 Å². The largest absolute Gasteiger partial charge is 0.348 e. The van der Waals surface area contributed by atoms with E-state index in [2.05, 4.69) is 15.6 Å². The fourth-order valence-electron chi connectivity index (χ4n) is 2.59. The third-order valence-corrected chi connectivity index (χ3v) is 5.63. The third-order valence-electron chi connectivity index (χ3n) is 4.40. The molecule has 150 valence electrons. The van der Waals surface area contributed by atoms with Crippen LogP contribution >= 0.6 is 22.9 Å². The highest BCUT2D eigenvalue weighted by molar-refractivity contribution is 7.18. The van der Waals surface area contributed by atoms with E-state index in [-0.39, 0.29) is 29.5 Å². The summed E-state index contributed by atoms with van der Waals surface area (Å²) < 4.78 is 1.98. The molecule has 29 heavy (non-hydrogen) atoms. The molecule has 3 rings (SSSR count). The molecule has 2 aromatic heterocycles. The van der Waals surface area contributed by atoms with E-state index in [0.29, 0.717) is 20.5 Å². The summed E-state index contributed by atoms with van der Waals surface area (Å²) in [5, 5.41) is 5.73. The lowest BCUT2D eigenvalue weighted by Crippen LogP contribution is -2.48. The summed E-state index contributed by atoms with van der Waals surface area (Å²) in [6.07, 6.45) is 4.30. The molecule has 0 fully saturated rings. The molecule has 1 aromatic carbocycles. The molecule has 0 saturated heterocycles. The van der Waals surface area contributed by atoms with Crippen LogP contribution in [0.25, 0.3) is 5.69 Å². The van der Waals surface area contributed by atoms with Crippen molar-refractivity contribution in [2.45, 2.75) is 25.9 Å². The lowest BCUT2D eigenvalue weighted by atomic mass is 10.1. The minimum Gasteiger partial charge on any atom is -0.348 e. The van der Waals surface area contributed by atoms with E-state index in [0.717, 1.165) is 0 Å². The number of thiophene rings is 1. The average Bonchev–Trinajstić information content (AvgIpc) is 3.15. The van der Waals surface area contributed by atoms with Crippen LogP contribution in [-0.4, -0.2) is 33.4 Å². The van der Waals surface area contributed by atoms with E-state index in [1.807, 2.05) is 13.8 Å². The van der Waals surface area contributed by atoms with Crippen molar-refractivity contribution in [2.24, 2.45) is 0 Å². The summed E-state index contributed by atoms with van der Waals surface area (Å²) in [5.41, 5.74) is 0.832. The summed E-state index contributed by atoms with van der Waals surface area (Å²) >= 11 is 7.06. The number of rotatable bonds is 6. The second kappa shape index (κ2) is 9.02. The fraction of sp³-hybridized carbons (Fsp3) is 0.200. The van der Waals surface area contributed by atoms with Gasteiger partial charge in [-0.3, -0.25) is 23.9 Å². The highest BCUT2D eigenvalue weighted by Crippen LogP contribution is 2.21. The SMILES string of the molecule is CC(NC(=O)c1ccc(-n2ccncc2=O)cc1)C(C)NC(=O)c1ccc(Cl)s1. The van der Waals surface area contributed by atoms with Crippen LogP contribution in [0.5, 0.6) is 0 Å². The van der Waals surface area contributed by atoms with Gasteiger partial charge in [0.05, 0.1) is 15.4 Å². The number of hydrogen-bond donors (Lipinski definition) is 2. The summed E-state index contributed by atoms with van der Waals surface area (Å²) in [5.74, 6) is -0.506. The highest BCUT2D eigenvalue weighted by Gasteiger charge is 2.19. The van der Waals surface area contributed by atoms with E-state index in [1.54, 1.807) is 42.6 Å². The smallest absolute Gasteiger partial charge is 0.273 e. The first-order chi connectivity index (χ1) is 13.8. The van der Waals surface area contributed by atoms with E-state index in [1.165, 1.54) is 28.3 Å². The van der Waals surface area contributed by atoms with Crippen molar-refractivity contribution >= 4 is 34.8 Å². The molecule has 2 N–H and O–H groups in total. The number of aromatic nitrogens is 2. The fourth-order valence-corrected chi connectivity index (χ4v) is 3.53. The molecule has 0 bridgehead atoms. The molecular formula is C20H19ClN4O3S. The van der Waals surface area contributed by atoms with Crippen molar-refractivity contribution in [3.63, 3.8) is 0 Å². The molecule has 2 unspecified atom stereocenters. The third kappa shape index (κ3) is 5.10.